The SMILES string of the molecule is CCN(Cc1ccc2c(c1)OCO2)Cc1ccon1. The van der Waals surface area contributed by atoms with Gasteiger partial charge in [-0.3, -0.25) is 4.90 Å². The predicted molar refractivity (Wildman–Crippen MR) is 68.9 cm³/mol. The molecule has 1 aliphatic heterocycles. The topological polar surface area (TPSA) is 47.7 Å². The molecule has 1 aromatic heterocycles. The van der Waals surface area contributed by atoms with Crippen LogP contribution in [0.5, 0.6) is 11.5 Å². The van der Waals surface area contributed by atoms with E-state index < -0.39 is 0 Å². The Labute approximate surface area is 111 Å². The van der Waals surface area contributed by atoms with Crippen molar-refractivity contribution in [1.29, 1.82) is 0 Å². The largest absolute Gasteiger partial charge is 0.454 e. The molecule has 100 valence electrons. The van der Waals surface area contributed by atoms with Gasteiger partial charge in [-0.1, -0.05) is 18.1 Å². The highest BCUT2D eigenvalue weighted by Crippen LogP contribution is 2.32. The first kappa shape index (κ1) is 12.0. The van der Waals surface area contributed by atoms with Gasteiger partial charge in [-0.05, 0) is 24.2 Å². The van der Waals surface area contributed by atoms with Gasteiger partial charge in [-0.2, -0.15) is 0 Å². The fourth-order valence-electron chi connectivity index (χ4n) is 2.13. The maximum Gasteiger partial charge on any atom is 0.231 e. The van der Waals surface area contributed by atoms with E-state index in [-0.39, 0.29) is 0 Å². The number of hydrogen-bond acceptors (Lipinski definition) is 5. The Balaban J connectivity index is 1.68. The first-order valence-corrected chi connectivity index (χ1v) is 6.35. The van der Waals surface area contributed by atoms with E-state index in [1.54, 1.807) is 6.26 Å². The Bertz CT molecular complexity index is 540. The summed E-state index contributed by atoms with van der Waals surface area (Å²) in [5.41, 5.74) is 2.15. The van der Waals surface area contributed by atoms with Crippen LogP contribution in [0.2, 0.25) is 0 Å². The normalized spacial score (nSPS) is 13.2. The van der Waals surface area contributed by atoms with E-state index in [0.29, 0.717) is 6.79 Å². The first-order valence-electron chi connectivity index (χ1n) is 6.35. The van der Waals surface area contributed by atoms with Crippen LogP contribution in [0.1, 0.15) is 18.2 Å². The highest BCUT2D eigenvalue weighted by molar-refractivity contribution is 5.44. The quantitative estimate of drug-likeness (QED) is 0.826. The summed E-state index contributed by atoms with van der Waals surface area (Å²) in [4.78, 5) is 2.29. The molecule has 0 aliphatic carbocycles. The molecule has 0 unspecified atom stereocenters. The Hall–Kier alpha value is -2.01. The van der Waals surface area contributed by atoms with Gasteiger partial charge < -0.3 is 14.0 Å². The lowest BCUT2D eigenvalue weighted by Gasteiger charge is -2.19. The van der Waals surface area contributed by atoms with E-state index in [4.69, 9.17) is 14.0 Å². The number of hydrogen-bond donors (Lipinski definition) is 0. The summed E-state index contributed by atoms with van der Waals surface area (Å²) in [5.74, 6) is 1.65. The molecule has 0 saturated carbocycles. The summed E-state index contributed by atoms with van der Waals surface area (Å²) in [6.07, 6.45) is 1.60. The van der Waals surface area contributed by atoms with Gasteiger partial charge in [0.05, 0.1) is 5.69 Å². The summed E-state index contributed by atoms with van der Waals surface area (Å²) in [5, 5.41) is 3.94. The maximum absolute atomic E-state index is 5.39. The van der Waals surface area contributed by atoms with E-state index in [1.165, 1.54) is 5.56 Å². The van der Waals surface area contributed by atoms with Crippen LogP contribution in [-0.4, -0.2) is 23.4 Å². The fraction of sp³-hybridized carbons (Fsp3) is 0.357. The summed E-state index contributed by atoms with van der Waals surface area (Å²) in [7, 11) is 0. The molecule has 19 heavy (non-hydrogen) atoms. The number of nitrogens with zero attached hydrogens (tertiary/aromatic N) is 2. The molecule has 5 nitrogen and oxygen atoms in total. The van der Waals surface area contributed by atoms with Crippen molar-refractivity contribution in [1.82, 2.24) is 10.1 Å². The van der Waals surface area contributed by atoms with Gasteiger partial charge in [0.25, 0.3) is 0 Å². The molecule has 0 fully saturated rings. The molecule has 1 aliphatic rings. The van der Waals surface area contributed by atoms with Gasteiger partial charge in [0.1, 0.15) is 6.26 Å². The molecule has 1 aromatic carbocycles. The number of aromatic nitrogens is 1. The zero-order chi connectivity index (χ0) is 13.1. The molecular formula is C14H16N2O3. The third-order valence-corrected chi connectivity index (χ3v) is 3.17. The Morgan fingerprint density at radius 1 is 1.16 bits per heavy atom. The van der Waals surface area contributed by atoms with Crippen LogP contribution in [0.15, 0.2) is 35.1 Å². The molecule has 0 spiro atoms. The predicted octanol–water partition coefficient (Wildman–Crippen LogP) is 2.43. The van der Waals surface area contributed by atoms with Crippen molar-refractivity contribution in [2.45, 2.75) is 20.0 Å². The van der Waals surface area contributed by atoms with Crippen LogP contribution in [0.3, 0.4) is 0 Å². The van der Waals surface area contributed by atoms with Crippen LogP contribution < -0.4 is 9.47 Å². The van der Waals surface area contributed by atoms with E-state index >= 15 is 0 Å². The standard InChI is InChI=1S/C14H16N2O3/c1-2-16(9-12-5-6-19-15-12)8-11-3-4-13-14(7-11)18-10-17-13/h3-7H,2,8-10H2,1H3. The number of rotatable bonds is 5. The molecule has 2 heterocycles. The van der Waals surface area contributed by atoms with Crippen LogP contribution in [-0.2, 0) is 13.1 Å². The molecule has 5 heteroatoms. The van der Waals surface area contributed by atoms with E-state index in [2.05, 4.69) is 23.0 Å². The average Bonchev–Trinajstić information content (AvgIpc) is 3.08. The smallest absolute Gasteiger partial charge is 0.231 e. The Kier molecular flexibility index (Phi) is 3.37. The molecule has 0 atom stereocenters. The summed E-state index contributed by atoms with van der Waals surface area (Å²) in [6.45, 7) is 5.02. The van der Waals surface area contributed by atoms with E-state index in [9.17, 15) is 0 Å². The van der Waals surface area contributed by atoms with Crippen molar-refractivity contribution in [2.24, 2.45) is 0 Å². The van der Waals surface area contributed by atoms with Gasteiger partial charge in [-0.25, -0.2) is 0 Å². The third-order valence-electron chi connectivity index (χ3n) is 3.17. The molecular weight excluding hydrogens is 244 g/mol. The van der Waals surface area contributed by atoms with Crippen molar-refractivity contribution in [3.63, 3.8) is 0 Å². The van der Waals surface area contributed by atoms with Crippen LogP contribution in [0, 0.1) is 0 Å². The second kappa shape index (κ2) is 5.32. The van der Waals surface area contributed by atoms with Crippen molar-refractivity contribution < 1.29 is 14.0 Å². The highest BCUT2D eigenvalue weighted by atomic mass is 16.7. The van der Waals surface area contributed by atoms with Crippen LogP contribution >= 0.6 is 0 Å². The van der Waals surface area contributed by atoms with Gasteiger partial charge in [0.15, 0.2) is 11.5 Å². The second-order valence-electron chi connectivity index (χ2n) is 4.48. The van der Waals surface area contributed by atoms with E-state index in [0.717, 1.165) is 36.8 Å². The molecule has 0 saturated heterocycles. The minimum Gasteiger partial charge on any atom is -0.454 e. The molecule has 0 radical (unpaired) electrons. The first-order chi connectivity index (χ1) is 9.35. The lowest BCUT2D eigenvalue weighted by molar-refractivity contribution is 0.174. The van der Waals surface area contributed by atoms with E-state index in [1.807, 2.05) is 18.2 Å². The lowest BCUT2D eigenvalue weighted by Crippen LogP contribution is -2.22. The summed E-state index contributed by atoms with van der Waals surface area (Å²) in [6, 6.07) is 7.96. The zero-order valence-electron chi connectivity index (χ0n) is 10.8. The monoisotopic (exact) mass is 260 g/mol. The van der Waals surface area contributed by atoms with Crippen molar-refractivity contribution in [3.8, 4) is 11.5 Å². The zero-order valence-corrected chi connectivity index (χ0v) is 10.8. The lowest BCUT2D eigenvalue weighted by atomic mass is 10.2. The van der Waals surface area contributed by atoms with Crippen LogP contribution in [0.4, 0.5) is 0 Å². The summed E-state index contributed by atoms with van der Waals surface area (Å²) >= 11 is 0. The molecule has 2 aromatic rings. The van der Waals surface area contributed by atoms with Gasteiger partial charge in [0.2, 0.25) is 6.79 Å². The molecule has 0 bridgehead atoms. The molecule has 0 amide bonds. The van der Waals surface area contributed by atoms with Crippen molar-refractivity contribution >= 4 is 0 Å². The van der Waals surface area contributed by atoms with Gasteiger partial charge in [-0.15, -0.1) is 0 Å². The third kappa shape index (κ3) is 2.71. The average molecular weight is 260 g/mol. The maximum atomic E-state index is 5.39. The minimum absolute atomic E-state index is 0.315. The highest BCUT2D eigenvalue weighted by Gasteiger charge is 2.14. The van der Waals surface area contributed by atoms with Crippen molar-refractivity contribution in [2.75, 3.05) is 13.3 Å². The Morgan fingerprint density at radius 2 is 2.05 bits per heavy atom. The second-order valence-corrected chi connectivity index (χ2v) is 4.48. The van der Waals surface area contributed by atoms with Gasteiger partial charge >= 0.3 is 0 Å². The van der Waals surface area contributed by atoms with Crippen molar-refractivity contribution in [3.05, 3.63) is 41.8 Å². The summed E-state index contributed by atoms with van der Waals surface area (Å²) < 4.78 is 15.6. The van der Waals surface area contributed by atoms with Crippen LogP contribution in [0.25, 0.3) is 0 Å². The number of fused-ring (bicyclic) bond motifs is 1. The van der Waals surface area contributed by atoms with Gasteiger partial charge in [0, 0.05) is 19.2 Å². The fourth-order valence-corrected chi connectivity index (χ4v) is 2.13. The Morgan fingerprint density at radius 3 is 2.84 bits per heavy atom. The number of benzene rings is 1. The minimum atomic E-state index is 0.315. The number of ether oxygens (including phenoxy) is 2. The molecule has 0 N–H and O–H groups in total. The molecule has 3 rings (SSSR count).